The summed E-state index contributed by atoms with van der Waals surface area (Å²) in [6, 6.07) is 6.88. The molecule has 0 aliphatic heterocycles. The molecule has 1 aromatic heterocycles. The van der Waals surface area contributed by atoms with Crippen LogP contribution in [0.15, 0.2) is 28.8 Å². The Morgan fingerprint density at radius 1 is 1.36 bits per heavy atom. The number of halogens is 1. The van der Waals surface area contributed by atoms with Gasteiger partial charge in [0.15, 0.2) is 11.6 Å². The number of thioether (sulfide) groups is 1. The second-order valence-corrected chi connectivity index (χ2v) is 6.87. The van der Waals surface area contributed by atoms with Crippen LogP contribution < -0.4 is 5.73 Å². The fraction of sp³-hybridized carbons (Fsp3) is 0.400. The Kier molecular flexibility index (Phi) is 4.52. The van der Waals surface area contributed by atoms with E-state index in [1.165, 1.54) is 11.8 Å². The van der Waals surface area contributed by atoms with E-state index in [1.54, 1.807) is 24.3 Å². The van der Waals surface area contributed by atoms with Gasteiger partial charge in [0.1, 0.15) is 0 Å². The van der Waals surface area contributed by atoms with Crippen molar-refractivity contribution in [3.05, 3.63) is 46.6 Å². The normalized spacial score (nSPS) is 16.3. The largest absolute Gasteiger partial charge is 0.338 e. The summed E-state index contributed by atoms with van der Waals surface area (Å²) in [5.74, 6) is 2.00. The quantitative estimate of drug-likeness (QED) is 0.815. The average Bonchev–Trinajstić information content (AvgIpc) is 2.94. The van der Waals surface area contributed by atoms with E-state index < -0.39 is 5.54 Å². The molecule has 1 aliphatic rings. The molecule has 1 aliphatic carbocycles. The molecule has 1 aromatic carbocycles. The molecule has 7 heteroatoms. The number of hydrogen-bond donors (Lipinski definition) is 1. The van der Waals surface area contributed by atoms with Crippen LogP contribution in [0.25, 0.3) is 0 Å². The monoisotopic (exact) mass is 337 g/mol. The van der Waals surface area contributed by atoms with Gasteiger partial charge in [0.05, 0.1) is 17.0 Å². The number of Topliss-reactive ketones (excluding diaryl/α,β-unsaturated/α-hetero) is 1. The molecule has 1 heterocycles. The van der Waals surface area contributed by atoms with E-state index in [0.717, 1.165) is 19.3 Å². The topological polar surface area (TPSA) is 82.0 Å². The predicted molar refractivity (Wildman–Crippen MR) is 86.0 cm³/mol. The van der Waals surface area contributed by atoms with Crippen LogP contribution in [0.1, 0.15) is 41.3 Å². The van der Waals surface area contributed by atoms with Crippen molar-refractivity contribution in [1.29, 1.82) is 0 Å². The Morgan fingerprint density at radius 3 is 2.73 bits per heavy atom. The molecule has 0 bridgehead atoms. The molecular weight excluding hydrogens is 322 g/mol. The Balaban J connectivity index is 1.50. The highest BCUT2D eigenvalue weighted by Gasteiger charge is 2.38. The lowest BCUT2D eigenvalue weighted by Gasteiger charge is -2.34. The highest BCUT2D eigenvalue weighted by molar-refractivity contribution is 7.99. The number of hydrogen-bond acceptors (Lipinski definition) is 6. The highest BCUT2D eigenvalue weighted by Crippen LogP contribution is 2.37. The van der Waals surface area contributed by atoms with Crippen molar-refractivity contribution in [2.24, 2.45) is 5.73 Å². The molecule has 0 atom stereocenters. The zero-order chi connectivity index (χ0) is 15.6. The molecule has 0 saturated heterocycles. The summed E-state index contributed by atoms with van der Waals surface area (Å²) in [6.07, 6.45) is 2.90. The fourth-order valence-corrected chi connectivity index (χ4v) is 3.12. The number of rotatable bonds is 6. The average molecular weight is 338 g/mol. The van der Waals surface area contributed by atoms with Crippen LogP contribution in [0.2, 0.25) is 5.02 Å². The Labute approximate surface area is 137 Å². The summed E-state index contributed by atoms with van der Waals surface area (Å²) in [5.41, 5.74) is 6.39. The van der Waals surface area contributed by atoms with Crippen molar-refractivity contribution in [2.75, 3.05) is 5.75 Å². The summed E-state index contributed by atoms with van der Waals surface area (Å²) < 4.78 is 5.20. The maximum atomic E-state index is 12.0. The SMILES string of the molecule is NC1(c2noc(CSCC(=O)c3ccc(Cl)cc3)n2)CCC1. The van der Waals surface area contributed by atoms with Crippen LogP contribution in [0.3, 0.4) is 0 Å². The third-order valence-corrected chi connectivity index (χ3v) is 4.95. The lowest BCUT2D eigenvalue weighted by Crippen LogP contribution is -2.44. The molecule has 2 aromatic rings. The van der Waals surface area contributed by atoms with Gasteiger partial charge in [0.25, 0.3) is 0 Å². The van der Waals surface area contributed by atoms with Gasteiger partial charge >= 0.3 is 0 Å². The van der Waals surface area contributed by atoms with E-state index in [4.69, 9.17) is 21.9 Å². The van der Waals surface area contributed by atoms with Crippen LogP contribution in [-0.4, -0.2) is 21.7 Å². The minimum atomic E-state index is -0.411. The smallest absolute Gasteiger partial charge is 0.236 e. The third kappa shape index (κ3) is 3.34. The lowest BCUT2D eigenvalue weighted by molar-refractivity contribution is 0.102. The first-order valence-corrected chi connectivity index (χ1v) is 8.58. The van der Waals surface area contributed by atoms with Gasteiger partial charge in [-0.2, -0.15) is 4.98 Å². The number of carbonyl (C=O) groups excluding carboxylic acids is 1. The zero-order valence-electron chi connectivity index (χ0n) is 11.9. The summed E-state index contributed by atoms with van der Waals surface area (Å²) >= 11 is 7.25. The minimum Gasteiger partial charge on any atom is -0.338 e. The highest BCUT2D eigenvalue weighted by atomic mass is 35.5. The lowest BCUT2D eigenvalue weighted by atomic mass is 9.77. The maximum Gasteiger partial charge on any atom is 0.236 e. The van der Waals surface area contributed by atoms with Gasteiger partial charge in [-0.1, -0.05) is 16.8 Å². The van der Waals surface area contributed by atoms with Gasteiger partial charge < -0.3 is 10.3 Å². The van der Waals surface area contributed by atoms with Crippen LogP contribution >= 0.6 is 23.4 Å². The zero-order valence-corrected chi connectivity index (χ0v) is 13.5. The van der Waals surface area contributed by atoms with E-state index in [9.17, 15) is 4.79 Å². The summed E-state index contributed by atoms with van der Waals surface area (Å²) in [7, 11) is 0. The molecule has 0 spiro atoms. The van der Waals surface area contributed by atoms with E-state index >= 15 is 0 Å². The van der Waals surface area contributed by atoms with Gasteiger partial charge in [-0.25, -0.2) is 0 Å². The molecule has 2 N–H and O–H groups in total. The van der Waals surface area contributed by atoms with Crippen LogP contribution in [0.5, 0.6) is 0 Å². The second-order valence-electron chi connectivity index (χ2n) is 5.44. The Morgan fingerprint density at radius 2 is 2.09 bits per heavy atom. The molecule has 0 radical (unpaired) electrons. The number of nitrogens with two attached hydrogens (primary N) is 1. The van der Waals surface area contributed by atoms with Crippen LogP contribution in [0, 0.1) is 0 Å². The maximum absolute atomic E-state index is 12.0. The van der Waals surface area contributed by atoms with Crippen molar-refractivity contribution < 1.29 is 9.32 Å². The van der Waals surface area contributed by atoms with Gasteiger partial charge in [-0.3, -0.25) is 4.79 Å². The molecule has 3 rings (SSSR count). The molecule has 5 nitrogen and oxygen atoms in total. The van der Waals surface area contributed by atoms with E-state index in [2.05, 4.69) is 10.1 Å². The van der Waals surface area contributed by atoms with Crippen molar-refractivity contribution in [3.8, 4) is 0 Å². The standard InChI is InChI=1S/C15H16ClN3O2S/c16-11-4-2-10(3-5-11)12(20)8-22-9-13-18-14(19-21-13)15(17)6-1-7-15/h2-5H,1,6-9,17H2. The molecule has 1 fully saturated rings. The number of carbonyl (C=O) groups is 1. The van der Waals surface area contributed by atoms with Crippen molar-refractivity contribution >= 4 is 29.1 Å². The van der Waals surface area contributed by atoms with Gasteiger partial charge in [0.2, 0.25) is 5.89 Å². The van der Waals surface area contributed by atoms with Crippen molar-refractivity contribution in [1.82, 2.24) is 10.1 Å². The van der Waals surface area contributed by atoms with E-state index in [0.29, 0.717) is 33.8 Å². The van der Waals surface area contributed by atoms with E-state index in [-0.39, 0.29) is 5.78 Å². The summed E-state index contributed by atoms with van der Waals surface area (Å²) in [5, 5.41) is 4.57. The fourth-order valence-electron chi connectivity index (χ4n) is 2.25. The number of nitrogens with zero attached hydrogens (tertiary/aromatic N) is 2. The second kappa shape index (κ2) is 6.40. The van der Waals surface area contributed by atoms with Crippen LogP contribution in [0.4, 0.5) is 0 Å². The van der Waals surface area contributed by atoms with Crippen molar-refractivity contribution in [3.63, 3.8) is 0 Å². The van der Waals surface area contributed by atoms with Gasteiger partial charge in [0, 0.05) is 10.6 Å². The molecule has 1 saturated carbocycles. The third-order valence-electron chi connectivity index (χ3n) is 3.78. The number of ketones is 1. The van der Waals surface area contributed by atoms with Gasteiger partial charge in [-0.15, -0.1) is 11.8 Å². The minimum absolute atomic E-state index is 0.0516. The molecule has 22 heavy (non-hydrogen) atoms. The molecule has 0 amide bonds. The van der Waals surface area contributed by atoms with E-state index in [1.807, 2.05) is 0 Å². The van der Waals surface area contributed by atoms with Gasteiger partial charge in [-0.05, 0) is 43.5 Å². The number of aromatic nitrogens is 2. The summed E-state index contributed by atoms with van der Waals surface area (Å²) in [6.45, 7) is 0. The molecule has 0 unspecified atom stereocenters. The first-order chi connectivity index (χ1) is 10.6. The first kappa shape index (κ1) is 15.5. The Bertz CT molecular complexity index is 668. The molecule has 116 valence electrons. The number of benzene rings is 1. The summed E-state index contributed by atoms with van der Waals surface area (Å²) in [4.78, 5) is 16.3. The molecular formula is C15H16ClN3O2S. The predicted octanol–water partition coefficient (Wildman–Crippen LogP) is 3.18. The van der Waals surface area contributed by atoms with Crippen molar-refractivity contribution in [2.45, 2.75) is 30.6 Å². The van der Waals surface area contributed by atoms with Crippen LogP contribution in [-0.2, 0) is 11.3 Å². The Hall–Kier alpha value is -1.37. The first-order valence-electron chi connectivity index (χ1n) is 7.05.